The molecule has 3 aromatic rings. The standard InChI is InChI=1S/C20H22ClN5O4S/c1-4-26-19(28)14-7-5-6-8-17(14)22-20(26)24-23-18(27)15-11-13(9-10-16(15)21)31(29,30)25-12(2)3/h5-12,25H,4H2,1-3H3,(H,22,24)(H,23,27). The summed E-state index contributed by atoms with van der Waals surface area (Å²) < 4.78 is 28.6. The van der Waals surface area contributed by atoms with Crippen molar-refractivity contribution >= 4 is 44.4 Å². The molecular formula is C20H22ClN5O4S. The van der Waals surface area contributed by atoms with Gasteiger partial charge in [-0.25, -0.2) is 18.1 Å². The number of hydrogen-bond donors (Lipinski definition) is 3. The summed E-state index contributed by atoms with van der Waals surface area (Å²) >= 11 is 6.12. The number of para-hydroxylation sites is 1. The fourth-order valence-electron chi connectivity index (χ4n) is 2.96. The van der Waals surface area contributed by atoms with Gasteiger partial charge in [-0.2, -0.15) is 0 Å². The Morgan fingerprint density at radius 2 is 1.90 bits per heavy atom. The first-order chi connectivity index (χ1) is 14.6. The van der Waals surface area contributed by atoms with Gasteiger partial charge in [-0.05, 0) is 51.1 Å². The van der Waals surface area contributed by atoms with E-state index in [1.54, 1.807) is 45.0 Å². The van der Waals surface area contributed by atoms with E-state index < -0.39 is 15.9 Å². The van der Waals surface area contributed by atoms with E-state index in [0.717, 1.165) is 0 Å². The molecule has 2 aromatic carbocycles. The van der Waals surface area contributed by atoms with Gasteiger partial charge in [0.05, 0.1) is 26.4 Å². The maximum Gasteiger partial charge on any atom is 0.271 e. The lowest BCUT2D eigenvalue weighted by molar-refractivity contribution is 0.0962. The number of nitrogens with one attached hydrogen (secondary N) is 3. The summed E-state index contributed by atoms with van der Waals surface area (Å²) in [6, 6.07) is 10.4. The average Bonchev–Trinajstić information content (AvgIpc) is 2.71. The molecule has 9 nitrogen and oxygen atoms in total. The third-order valence-corrected chi connectivity index (χ3v) is 6.34. The van der Waals surface area contributed by atoms with Crippen LogP contribution in [0.25, 0.3) is 10.9 Å². The highest BCUT2D eigenvalue weighted by molar-refractivity contribution is 7.89. The molecule has 3 N–H and O–H groups in total. The van der Waals surface area contributed by atoms with Gasteiger partial charge in [0, 0.05) is 12.6 Å². The SMILES string of the molecule is CCn1c(NNC(=O)c2cc(S(=O)(=O)NC(C)C)ccc2Cl)nc2ccccc2c1=O. The molecule has 1 heterocycles. The zero-order valence-corrected chi connectivity index (χ0v) is 18.7. The number of benzene rings is 2. The van der Waals surface area contributed by atoms with Gasteiger partial charge >= 0.3 is 0 Å². The van der Waals surface area contributed by atoms with Gasteiger partial charge in [-0.15, -0.1) is 0 Å². The van der Waals surface area contributed by atoms with Gasteiger partial charge in [-0.3, -0.25) is 25.0 Å². The van der Waals surface area contributed by atoms with Crippen molar-refractivity contribution in [2.24, 2.45) is 0 Å². The number of hydrazine groups is 1. The smallest absolute Gasteiger partial charge is 0.271 e. The number of amides is 1. The van der Waals surface area contributed by atoms with Crippen molar-refractivity contribution in [2.75, 3.05) is 5.43 Å². The topological polar surface area (TPSA) is 122 Å². The first kappa shape index (κ1) is 22.7. The van der Waals surface area contributed by atoms with Crippen molar-refractivity contribution in [3.63, 3.8) is 0 Å². The molecule has 1 amide bonds. The van der Waals surface area contributed by atoms with Crippen LogP contribution >= 0.6 is 11.6 Å². The van der Waals surface area contributed by atoms with Gasteiger partial charge in [0.25, 0.3) is 11.5 Å². The number of halogens is 1. The van der Waals surface area contributed by atoms with Gasteiger partial charge < -0.3 is 0 Å². The summed E-state index contributed by atoms with van der Waals surface area (Å²) in [7, 11) is -3.81. The number of carbonyl (C=O) groups is 1. The van der Waals surface area contributed by atoms with Gasteiger partial charge in [0.2, 0.25) is 16.0 Å². The minimum absolute atomic E-state index is 0.0491. The minimum atomic E-state index is -3.81. The maximum atomic E-state index is 12.7. The van der Waals surface area contributed by atoms with E-state index in [2.05, 4.69) is 20.6 Å². The van der Waals surface area contributed by atoms with E-state index in [1.165, 1.54) is 22.8 Å². The summed E-state index contributed by atoms with van der Waals surface area (Å²) in [6.07, 6.45) is 0. The van der Waals surface area contributed by atoms with Crippen molar-refractivity contribution < 1.29 is 13.2 Å². The largest absolute Gasteiger partial charge is 0.277 e. The lowest BCUT2D eigenvalue weighted by atomic mass is 10.2. The van der Waals surface area contributed by atoms with Crippen LogP contribution in [0.5, 0.6) is 0 Å². The molecule has 0 unspecified atom stereocenters. The lowest BCUT2D eigenvalue weighted by Gasteiger charge is -2.15. The van der Waals surface area contributed by atoms with E-state index in [1.807, 2.05) is 0 Å². The number of fused-ring (bicyclic) bond motifs is 1. The van der Waals surface area contributed by atoms with Crippen molar-refractivity contribution in [1.29, 1.82) is 0 Å². The molecule has 0 fully saturated rings. The van der Waals surface area contributed by atoms with Crippen LogP contribution in [0.15, 0.2) is 52.2 Å². The highest BCUT2D eigenvalue weighted by atomic mass is 35.5. The van der Waals surface area contributed by atoms with E-state index in [-0.39, 0.29) is 33.0 Å². The summed E-state index contributed by atoms with van der Waals surface area (Å²) in [5.41, 5.74) is 5.24. The molecule has 1 aromatic heterocycles. The second kappa shape index (κ2) is 9.04. The molecule has 0 bridgehead atoms. The predicted molar refractivity (Wildman–Crippen MR) is 120 cm³/mol. The third-order valence-electron chi connectivity index (χ3n) is 4.35. The van der Waals surface area contributed by atoms with Gasteiger partial charge in [-0.1, -0.05) is 23.7 Å². The van der Waals surface area contributed by atoms with E-state index in [0.29, 0.717) is 17.4 Å². The van der Waals surface area contributed by atoms with Crippen LogP contribution < -0.4 is 21.1 Å². The van der Waals surface area contributed by atoms with Crippen LogP contribution in [0.4, 0.5) is 5.95 Å². The molecule has 0 aliphatic carbocycles. The summed E-state index contributed by atoms with van der Waals surface area (Å²) in [6.45, 7) is 5.48. The molecule has 0 saturated carbocycles. The second-order valence-corrected chi connectivity index (χ2v) is 9.12. The van der Waals surface area contributed by atoms with Crippen LogP contribution in [0.2, 0.25) is 5.02 Å². The Bertz CT molecular complexity index is 1300. The Morgan fingerprint density at radius 3 is 2.58 bits per heavy atom. The molecule has 3 rings (SSSR count). The minimum Gasteiger partial charge on any atom is -0.277 e. The Kier molecular flexibility index (Phi) is 6.63. The summed E-state index contributed by atoms with van der Waals surface area (Å²) in [5, 5.41) is 0.530. The highest BCUT2D eigenvalue weighted by Crippen LogP contribution is 2.21. The van der Waals surface area contributed by atoms with Crippen LogP contribution in [0.3, 0.4) is 0 Å². The number of anilines is 1. The molecule has 0 radical (unpaired) electrons. The normalized spacial score (nSPS) is 11.6. The maximum absolute atomic E-state index is 12.7. The zero-order chi connectivity index (χ0) is 22.8. The number of hydrogen-bond acceptors (Lipinski definition) is 6. The van der Waals surface area contributed by atoms with Gasteiger partial charge in [0.15, 0.2) is 0 Å². The molecule has 0 aliphatic heterocycles. The lowest BCUT2D eigenvalue weighted by Crippen LogP contribution is -2.35. The Morgan fingerprint density at radius 1 is 1.19 bits per heavy atom. The fraction of sp³-hybridized carbons (Fsp3) is 0.250. The van der Waals surface area contributed by atoms with Crippen molar-refractivity contribution in [1.82, 2.24) is 19.7 Å². The van der Waals surface area contributed by atoms with E-state index in [9.17, 15) is 18.0 Å². The zero-order valence-electron chi connectivity index (χ0n) is 17.1. The fourth-order valence-corrected chi connectivity index (χ4v) is 4.44. The number of nitrogens with zero attached hydrogens (tertiary/aromatic N) is 2. The Hall–Kier alpha value is -2.95. The number of sulfonamides is 1. The van der Waals surface area contributed by atoms with Crippen LogP contribution in [0.1, 0.15) is 31.1 Å². The number of carbonyl (C=O) groups excluding carboxylic acids is 1. The summed E-state index contributed by atoms with van der Waals surface area (Å²) in [4.78, 5) is 29.7. The first-order valence-electron chi connectivity index (χ1n) is 9.52. The van der Waals surface area contributed by atoms with E-state index >= 15 is 0 Å². The van der Waals surface area contributed by atoms with Crippen LogP contribution in [0, 0.1) is 0 Å². The molecule has 31 heavy (non-hydrogen) atoms. The molecule has 11 heteroatoms. The Balaban J connectivity index is 1.90. The van der Waals surface area contributed by atoms with Crippen molar-refractivity contribution in [3.05, 3.63) is 63.4 Å². The average molecular weight is 464 g/mol. The summed E-state index contributed by atoms with van der Waals surface area (Å²) in [5.74, 6) is -0.544. The molecule has 0 saturated heterocycles. The molecule has 0 spiro atoms. The van der Waals surface area contributed by atoms with Crippen LogP contribution in [-0.2, 0) is 16.6 Å². The molecule has 0 atom stereocenters. The monoisotopic (exact) mass is 463 g/mol. The molecular weight excluding hydrogens is 442 g/mol. The Labute approximate surface area is 184 Å². The quantitative estimate of drug-likeness (QED) is 0.463. The van der Waals surface area contributed by atoms with Crippen LogP contribution in [-0.4, -0.2) is 29.9 Å². The first-order valence-corrected chi connectivity index (χ1v) is 11.4. The highest BCUT2D eigenvalue weighted by Gasteiger charge is 2.20. The van der Waals surface area contributed by atoms with Gasteiger partial charge in [0.1, 0.15) is 0 Å². The number of rotatable bonds is 7. The van der Waals surface area contributed by atoms with Crippen molar-refractivity contribution in [2.45, 2.75) is 38.3 Å². The third kappa shape index (κ3) is 4.87. The number of aromatic nitrogens is 2. The predicted octanol–water partition coefficient (Wildman–Crippen LogP) is 2.51. The molecule has 0 aliphatic rings. The second-order valence-electron chi connectivity index (χ2n) is 7.00. The van der Waals surface area contributed by atoms with E-state index in [4.69, 9.17) is 11.6 Å². The van der Waals surface area contributed by atoms with Crippen molar-refractivity contribution in [3.8, 4) is 0 Å². The molecule has 164 valence electrons.